The molecular formula is C8H16O2S. The van der Waals surface area contributed by atoms with E-state index < -0.39 is 0 Å². The van der Waals surface area contributed by atoms with Crippen molar-refractivity contribution in [2.45, 2.75) is 25.4 Å². The van der Waals surface area contributed by atoms with Crippen LogP contribution in [0.15, 0.2) is 0 Å². The Bertz CT molecular complexity index is 92.1. The van der Waals surface area contributed by atoms with Gasteiger partial charge in [0.25, 0.3) is 0 Å². The molecular weight excluding hydrogens is 160 g/mol. The number of ether oxygens (including phenoxy) is 1. The summed E-state index contributed by atoms with van der Waals surface area (Å²) in [5.41, 5.74) is 0. The van der Waals surface area contributed by atoms with Gasteiger partial charge in [0.1, 0.15) is 0 Å². The van der Waals surface area contributed by atoms with Crippen LogP contribution in [-0.4, -0.2) is 35.9 Å². The third-order valence-electron chi connectivity index (χ3n) is 1.84. The predicted octanol–water partition coefficient (Wildman–Crippen LogP) is 1.28. The summed E-state index contributed by atoms with van der Waals surface area (Å²) in [6, 6.07) is 0. The molecule has 1 heterocycles. The summed E-state index contributed by atoms with van der Waals surface area (Å²) >= 11 is 1.81. The highest BCUT2D eigenvalue weighted by Crippen LogP contribution is 2.17. The quantitative estimate of drug-likeness (QED) is 0.640. The normalized spacial score (nSPS) is 24.3. The molecule has 1 unspecified atom stereocenters. The molecule has 0 bridgehead atoms. The Labute approximate surface area is 72.3 Å². The van der Waals surface area contributed by atoms with Gasteiger partial charge in [-0.15, -0.1) is 0 Å². The second-order valence-electron chi connectivity index (χ2n) is 2.76. The number of aliphatic hydroxyl groups is 1. The van der Waals surface area contributed by atoms with Crippen molar-refractivity contribution in [2.24, 2.45) is 0 Å². The minimum absolute atomic E-state index is 0.302. The number of rotatable bonds is 5. The van der Waals surface area contributed by atoms with Crippen LogP contribution in [0.1, 0.15) is 19.3 Å². The van der Waals surface area contributed by atoms with Gasteiger partial charge in [-0.05, 0) is 25.0 Å². The molecule has 0 spiro atoms. The monoisotopic (exact) mass is 176 g/mol. The maximum atomic E-state index is 8.51. The molecule has 0 aromatic carbocycles. The van der Waals surface area contributed by atoms with E-state index in [4.69, 9.17) is 9.84 Å². The van der Waals surface area contributed by atoms with Crippen molar-refractivity contribution < 1.29 is 9.84 Å². The molecule has 66 valence electrons. The lowest BCUT2D eigenvalue weighted by molar-refractivity contribution is 0.109. The number of hydrogen-bond acceptors (Lipinski definition) is 3. The van der Waals surface area contributed by atoms with E-state index in [1.54, 1.807) is 0 Å². The Kier molecular flexibility index (Phi) is 4.99. The fourth-order valence-electron chi connectivity index (χ4n) is 1.25. The van der Waals surface area contributed by atoms with Crippen LogP contribution in [0.25, 0.3) is 0 Å². The maximum absolute atomic E-state index is 8.51. The smallest absolute Gasteiger partial charge is 0.0583 e. The Balaban J connectivity index is 1.86. The van der Waals surface area contributed by atoms with E-state index in [2.05, 4.69) is 0 Å². The standard InChI is InChI=1S/C8H16O2S/c9-4-7-11-6-3-8-2-1-5-10-8/h8-9H,1-7H2. The third-order valence-corrected chi connectivity index (χ3v) is 2.84. The second-order valence-corrected chi connectivity index (χ2v) is 3.98. The van der Waals surface area contributed by atoms with Crippen LogP contribution in [0.4, 0.5) is 0 Å². The average Bonchev–Trinajstić information content (AvgIpc) is 2.50. The van der Waals surface area contributed by atoms with E-state index in [0.717, 1.165) is 24.5 Å². The summed E-state index contributed by atoms with van der Waals surface area (Å²) in [6.07, 6.45) is 4.14. The van der Waals surface area contributed by atoms with E-state index in [0.29, 0.717) is 12.7 Å². The zero-order valence-corrected chi connectivity index (χ0v) is 7.61. The van der Waals surface area contributed by atoms with Crippen LogP contribution in [-0.2, 0) is 4.74 Å². The van der Waals surface area contributed by atoms with Crippen LogP contribution in [0, 0.1) is 0 Å². The summed E-state index contributed by atoms with van der Waals surface area (Å²) < 4.78 is 5.46. The van der Waals surface area contributed by atoms with Gasteiger partial charge in [0.15, 0.2) is 0 Å². The molecule has 0 saturated carbocycles. The first kappa shape index (κ1) is 9.36. The molecule has 1 aliphatic rings. The zero-order chi connectivity index (χ0) is 7.94. The van der Waals surface area contributed by atoms with Gasteiger partial charge in [-0.25, -0.2) is 0 Å². The molecule has 1 rings (SSSR count). The molecule has 0 aliphatic carbocycles. The van der Waals surface area contributed by atoms with Gasteiger partial charge >= 0.3 is 0 Å². The van der Waals surface area contributed by atoms with Gasteiger partial charge in [0.2, 0.25) is 0 Å². The molecule has 0 aromatic heterocycles. The first-order valence-corrected chi connectivity index (χ1v) is 5.39. The first-order chi connectivity index (χ1) is 5.43. The number of hydrogen-bond donors (Lipinski definition) is 1. The van der Waals surface area contributed by atoms with Gasteiger partial charge in [-0.1, -0.05) is 0 Å². The van der Waals surface area contributed by atoms with E-state index >= 15 is 0 Å². The minimum atomic E-state index is 0.302. The van der Waals surface area contributed by atoms with Crippen LogP contribution < -0.4 is 0 Å². The average molecular weight is 176 g/mol. The highest BCUT2D eigenvalue weighted by atomic mass is 32.2. The highest BCUT2D eigenvalue weighted by Gasteiger charge is 2.14. The van der Waals surface area contributed by atoms with Crippen molar-refractivity contribution in [1.29, 1.82) is 0 Å². The first-order valence-electron chi connectivity index (χ1n) is 4.23. The van der Waals surface area contributed by atoms with E-state index in [-0.39, 0.29) is 0 Å². The van der Waals surface area contributed by atoms with Gasteiger partial charge < -0.3 is 9.84 Å². The molecule has 2 nitrogen and oxygen atoms in total. The Hall–Kier alpha value is 0.270. The molecule has 1 N–H and O–H groups in total. The molecule has 3 heteroatoms. The van der Waals surface area contributed by atoms with Crippen LogP contribution in [0.5, 0.6) is 0 Å². The molecule has 1 aliphatic heterocycles. The van der Waals surface area contributed by atoms with Gasteiger partial charge in [-0.3, -0.25) is 0 Å². The molecule has 0 aromatic rings. The highest BCUT2D eigenvalue weighted by molar-refractivity contribution is 7.99. The number of aliphatic hydroxyl groups excluding tert-OH is 1. The van der Waals surface area contributed by atoms with Crippen LogP contribution in [0.2, 0.25) is 0 Å². The van der Waals surface area contributed by atoms with E-state index in [1.807, 2.05) is 11.8 Å². The summed E-state index contributed by atoms with van der Waals surface area (Å²) in [5.74, 6) is 2.00. The topological polar surface area (TPSA) is 29.5 Å². The van der Waals surface area contributed by atoms with Crippen molar-refractivity contribution in [3.05, 3.63) is 0 Å². The molecule has 0 amide bonds. The van der Waals surface area contributed by atoms with E-state index in [9.17, 15) is 0 Å². The summed E-state index contributed by atoms with van der Waals surface area (Å²) in [7, 11) is 0. The molecule has 1 fully saturated rings. The number of thioether (sulfide) groups is 1. The second kappa shape index (κ2) is 5.86. The van der Waals surface area contributed by atoms with Gasteiger partial charge in [0, 0.05) is 12.4 Å². The molecule has 1 atom stereocenters. The minimum Gasteiger partial charge on any atom is -0.396 e. The van der Waals surface area contributed by atoms with Gasteiger partial charge in [0.05, 0.1) is 12.7 Å². The molecule has 1 saturated heterocycles. The van der Waals surface area contributed by atoms with Crippen molar-refractivity contribution in [3.8, 4) is 0 Å². The molecule has 0 radical (unpaired) electrons. The van der Waals surface area contributed by atoms with Gasteiger partial charge in [-0.2, -0.15) is 11.8 Å². The van der Waals surface area contributed by atoms with Crippen molar-refractivity contribution >= 4 is 11.8 Å². The van der Waals surface area contributed by atoms with Crippen LogP contribution >= 0.6 is 11.8 Å². The lowest BCUT2D eigenvalue weighted by atomic mass is 10.2. The summed E-state index contributed by atoms with van der Waals surface area (Å²) in [4.78, 5) is 0. The maximum Gasteiger partial charge on any atom is 0.0583 e. The zero-order valence-electron chi connectivity index (χ0n) is 6.79. The van der Waals surface area contributed by atoms with E-state index in [1.165, 1.54) is 12.8 Å². The lowest BCUT2D eigenvalue weighted by Gasteiger charge is -2.07. The Morgan fingerprint density at radius 1 is 1.45 bits per heavy atom. The SMILES string of the molecule is OCCSCCC1CCCO1. The van der Waals surface area contributed by atoms with Crippen molar-refractivity contribution in [3.63, 3.8) is 0 Å². The fourth-order valence-corrected chi connectivity index (χ4v) is 2.02. The van der Waals surface area contributed by atoms with Crippen molar-refractivity contribution in [1.82, 2.24) is 0 Å². The summed E-state index contributed by atoms with van der Waals surface area (Å²) in [6.45, 7) is 1.26. The largest absolute Gasteiger partial charge is 0.396 e. The lowest BCUT2D eigenvalue weighted by Crippen LogP contribution is -2.06. The fraction of sp³-hybridized carbons (Fsp3) is 1.00. The molecule has 11 heavy (non-hydrogen) atoms. The Morgan fingerprint density at radius 2 is 2.36 bits per heavy atom. The predicted molar refractivity (Wildman–Crippen MR) is 48.0 cm³/mol. The summed E-state index contributed by atoms with van der Waals surface area (Å²) in [5, 5.41) is 8.51. The Morgan fingerprint density at radius 3 is 3.00 bits per heavy atom. The van der Waals surface area contributed by atoms with Crippen molar-refractivity contribution in [2.75, 3.05) is 24.7 Å². The third kappa shape index (κ3) is 3.99. The van der Waals surface area contributed by atoms with Crippen LogP contribution in [0.3, 0.4) is 0 Å².